The monoisotopic (exact) mass is 325 g/mol. The number of anilines is 1. The molecule has 1 saturated heterocycles. The standard InChI is InChI=1S/C15H20ClN3O3/c16-11-3-5-12(6-4-11)19-14(20)2-1-7-18-15(21)13-10-22-9-8-17-13/h3-6,13,17H,1-2,7-10H2,(H,18,21)(H,19,20). The van der Waals surface area contributed by atoms with Gasteiger partial charge in [0.15, 0.2) is 0 Å². The van der Waals surface area contributed by atoms with Gasteiger partial charge in [-0.15, -0.1) is 0 Å². The molecular weight excluding hydrogens is 306 g/mol. The summed E-state index contributed by atoms with van der Waals surface area (Å²) in [5.41, 5.74) is 0.710. The molecule has 1 aliphatic rings. The number of nitrogens with one attached hydrogen (secondary N) is 3. The number of amides is 2. The molecule has 0 saturated carbocycles. The van der Waals surface area contributed by atoms with Crippen LogP contribution in [0.25, 0.3) is 0 Å². The molecule has 0 aliphatic carbocycles. The van der Waals surface area contributed by atoms with Gasteiger partial charge in [-0.3, -0.25) is 9.59 Å². The maximum absolute atomic E-state index is 11.8. The third-order valence-corrected chi connectivity index (χ3v) is 3.50. The molecule has 120 valence electrons. The second-order valence-electron chi connectivity index (χ2n) is 5.03. The lowest BCUT2D eigenvalue weighted by Gasteiger charge is -2.22. The van der Waals surface area contributed by atoms with Crippen LogP contribution in [0.1, 0.15) is 12.8 Å². The van der Waals surface area contributed by atoms with Gasteiger partial charge < -0.3 is 20.7 Å². The van der Waals surface area contributed by atoms with E-state index in [-0.39, 0.29) is 17.9 Å². The molecule has 1 unspecified atom stereocenters. The minimum Gasteiger partial charge on any atom is -0.378 e. The first-order valence-electron chi connectivity index (χ1n) is 7.29. The van der Waals surface area contributed by atoms with E-state index in [1.165, 1.54) is 0 Å². The summed E-state index contributed by atoms with van der Waals surface area (Å²) in [5, 5.41) is 9.28. The fourth-order valence-electron chi connectivity index (χ4n) is 2.07. The Kier molecular flexibility index (Phi) is 6.64. The van der Waals surface area contributed by atoms with Gasteiger partial charge in [-0.2, -0.15) is 0 Å². The van der Waals surface area contributed by atoms with Crippen LogP contribution < -0.4 is 16.0 Å². The summed E-state index contributed by atoms with van der Waals surface area (Å²) in [6, 6.07) is 6.64. The molecule has 6 nitrogen and oxygen atoms in total. The van der Waals surface area contributed by atoms with Gasteiger partial charge in [0, 0.05) is 30.2 Å². The van der Waals surface area contributed by atoms with Crippen molar-refractivity contribution in [2.45, 2.75) is 18.9 Å². The van der Waals surface area contributed by atoms with Crippen LogP contribution in [-0.4, -0.2) is 44.2 Å². The molecule has 1 aliphatic heterocycles. The van der Waals surface area contributed by atoms with Gasteiger partial charge in [-0.05, 0) is 30.7 Å². The molecule has 0 radical (unpaired) electrons. The van der Waals surface area contributed by atoms with Crippen molar-refractivity contribution in [1.82, 2.24) is 10.6 Å². The fourth-order valence-corrected chi connectivity index (χ4v) is 2.20. The number of hydrogen-bond donors (Lipinski definition) is 3. The first kappa shape index (κ1) is 16.7. The SMILES string of the molecule is O=C(CCCNC(=O)C1COCCN1)Nc1ccc(Cl)cc1. The van der Waals surface area contributed by atoms with Crippen molar-refractivity contribution in [1.29, 1.82) is 0 Å². The maximum atomic E-state index is 11.8. The molecule has 0 spiro atoms. The Hall–Kier alpha value is -1.63. The number of halogens is 1. The summed E-state index contributed by atoms with van der Waals surface area (Å²) < 4.78 is 5.23. The average molecular weight is 326 g/mol. The fraction of sp³-hybridized carbons (Fsp3) is 0.467. The highest BCUT2D eigenvalue weighted by molar-refractivity contribution is 6.30. The smallest absolute Gasteiger partial charge is 0.239 e. The Morgan fingerprint density at radius 3 is 2.77 bits per heavy atom. The Morgan fingerprint density at radius 2 is 2.09 bits per heavy atom. The van der Waals surface area contributed by atoms with Crippen LogP contribution in [0, 0.1) is 0 Å². The summed E-state index contributed by atoms with van der Waals surface area (Å²) in [4.78, 5) is 23.6. The lowest BCUT2D eigenvalue weighted by Crippen LogP contribution is -2.51. The van der Waals surface area contributed by atoms with Gasteiger partial charge in [0.25, 0.3) is 0 Å². The summed E-state index contributed by atoms with van der Waals surface area (Å²) >= 11 is 5.78. The van der Waals surface area contributed by atoms with Crippen molar-refractivity contribution >= 4 is 29.1 Å². The number of rotatable bonds is 6. The summed E-state index contributed by atoms with van der Waals surface area (Å²) in [5.74, 6) is -0.173. The van der Waals surface area contributed by atoms with E-state index < -0.39 is 0 Å². The molecule has 2 amide bonds. The molecule has 2 rings (SSSR count). The van der Waals surface area contributed by atoms with Gasteiger partial charge in [0.1, 0.15) is 6.04 Å². The molecule has 1 aromatic rings. The zero-order valence-electron chi connectivity index (χ0n) is 12.2. The normalized spacial score (nSPS) is 17.8. The van der Waals surface area contributed by atoms with E-state index >= 15 is 0 Å². The first-order valence-corrected chi connectivity index (χ1v) is 7.67. The van der Waals surface area contributed by atoms with Gasteiger partial charge in [-0.1, -0.05) is 11.6 Å². The molecule has 1 atom stereocenters. The highest BCUT2D eigenvalue weighted by atomic mass is 35.5. The van der Waals surface area contributed by atoms with Crippen LogP contribution in [0.3, 0.4) is 0 Å². The van der Waals surface area contributed by atoms with Crippen molar-refractivity contribution in [3.8, 4) is 0 Å². The van der Waals surface area contributed by atoms with Crippen molar-refractivity contribution in [3.63, 3.8) is 0 Å². The van der Waals surface area contributed by atoms with Crippen molar-refractivity contribution in [3.05, 3.63) is 29.3 Å². The lowest BCUT2D eigenvalue weighted by molar-refractivity contribution is -0.126. The minimum absolute atomic E-state index is 0.0854. The Bertz CT molecular complexity index is 501. The predicted octanol–water partition coefficient (Wildman–Crippen LogP) is 1.16. The predicted molar refractivity (Wildman–Crippen MR) is 84.9 cm³/mol. The van der Waals surface area contributed by atoms with E-state index in [2.05, 4.69) is 16.0 Å². The van der Waals surface area contributed by atoms with Crippen LogP contribution in [0.15, 0.2) is 24.3 Å². The Balaban J connectivity index is 1.60. The first-order chi connectivity index (χ1) is 10.6. The van der Waals surface area contributed by atoms with Crippen LogP contribution in [0.5, 0.6) is 0 Å². The van der Waals surface area contributed by atoms with Crippen LogP contribution >= 0.6 is 11.6 Å². The second-order valence-corrected chi connectivity index (χ2v) is 5.47. The number of benzene rings is 1. The third kappa shape index (κ3) is 5.63. The minimum atomic E-state index is -0.295. The summed E-state index contributed by atoms with van der Waals surface area (Å²) in [7, 11) is 0. The van der Waals surface area contributed by atoms with E-state index in [1.807, 2.05) is 0 Å². The zero-order chi connectivity index (χ0) is 15.8. The molecule has 1 heterocycles. The molecule has 0 bridgehead atoms. The van der Waals surface area contributed by atoms with Crippen molar-refractivity contribution in [2.75, 3.05) is 31.6 Å². The molecule has 1 fully saturated rings. The van der Waals surface area contributed by atoms with Crippen LogP contribution in [-0.2, 0) is 14.3 Å². The largest absolute Gasteiger partial charge is 0.378 e. The molecule has 1 aromatic carbocycles. The van der Waals surface area contributed by atoms with E-state index in [1.54, 1.807) is 24.3 Å². The topological polar surface area (TPSA) is 79.5 Å². The number of carbonyl (C=O) groups excluding carboxylic acids is 2. The van der Waals surface area contributed by atoms with Gasteiger partial charge in [-0.25, -0.2) is 0 Å². The van der Waals surface area contributed by atoms with Crippen molar-refractivity contribution in [2.24, 2.45) is 0 Å². The summed E-state index contributed by atoms with van der Waals surface area (Å²) in [6.07, 6.45) is 0.927. The number of carbonyl (C=O) groups is 2. The highest BCUT2D eigenvalue weighted by Gasteiger charge is 2.20. The Morgan fingerprint density at radius 1 is 1.32 bits per heavy atom. The van der Waals surface area contributed by atoms with Gasteiger partial charge >= 0.3 is 0 Å². The molecule has 22 heavy (non-hydrogen) atoms. The van der Waals surface area contributed by atoms with Gasteiger partial charge in [0.2, 0.25) is 11.8 Å². The number of hydrogen-bond acceptors (Lipinski definition) is 4. The molecule has 0 aromatic heterocycles. The maximum Gasteiger partial charge on any atom is 0.239 e. The Labute approximate surface area is 134 Å². The average Bonchev–Trinajstić information content (AvgIpc) is 2.54. The van der Waals surface area contributed by atoms with Gasteiger partial charge in [0.05, 0.1) is 13.2 Å². The van der Waals surface area contributed by atoms with E-state index in [0.29, 0.717) is 49.9 Å². The second kappa shape index (κ2) is 8.73. The van der Waals surface area contributed by atoms with Crippen molar-refractivity contribution < 1.29 is 14.3 Å². The zero-order valence-corrected chi connectivity index (χ0v) is 13.0. The molecular formula is C15H20ClN3O3. The summed E-state index contributed by atoms with van der Waals surface area (Å²) in [6.45, 7) is 2.17. The number of ether oxygens (including phenoxy) is 1. The molecule has 3 N–H and O–H groups in total. The van der Waals surface area contributed by atoms with E-state index in [9.17, 15) is 9.59 Å². The lowest BCUT2D eigenvalue weighted by atomic mass is 10.2. The quantitative estimate of drug-likeness (QED) is 0.686. The third-order valence-electron chi connectivity index (χ3n) is 3.25. The van der Waals surface area contributed by atoms with Crippen LogP contribution in [0.4, 0.5) is 5.69 Å². The van der Waals surface area contributed by atoms with E-state index in [0.717, 1.165) is 0 Å². The van der Waals surface area contributed by atoms with Crippen LogP contribution in [0.2, 0.25) is 5.02 Å². The molecule has 7 heteroatoms. The number of morpholine rings is 1. The van der Waals surface area contributed by atoms with E-state index in [4.69, 9.17) is 16.3 Å². The highest BCUT2D eigenvalue weighted by Crippen LogP contribution is 2.13.